The lowest BCUT2D eigenvalue weighted by Crippen LogP contribution is -2.27. The van der Waals surface area contributed by atoms with E-state index in [4.69, 9.17) is 0 Å². The van der Waals surface area contributed by atoms with Crippen LogP contribution >= 0.6 is 0 Å². The first-order valence-corrected chi connectivity index (χ1v) is 7.78. The Labute approximate surface area is 127 Å². The molecule has 0 unspecified atom stereocenters. The van der Waals surface area contributed by atoms with Crippen molar-refractivity contribution in [2.75, 3.05) is 20.1 Å². The number of hydrogen-bond acceptors (Lipinski definition) is 4. The maximum atomic E-state index is 4.61. The summed E-state index contributed by atoms with van der Waals surface area (Å²) >= 11 is 0. The third kappa shape index (κ3) is 5.06. The van der Waals surface area contributed by atoms with Crippen molar-refractivity contribution >= 4 is 11.0 Å². The summed E-state index contributed by atoms with van der Waals surface area (Å²) in [4.78, 5) is 11.4. The number of nitrogens with zero attached hydrogens (tertiary/aromatic N) is 3. The molecule has 0 saturated heterocycles. The summed E-state index contributed by atoms with van der Waals surface area (Å²) < 4.78 is 0. The molecule has 1 aromatic carbocycles. The molecule has 21 heavy (non-hydrogen) atoms. The summed E-state index contributed by atoms with van der Waals surface area (Å²) in [6, 6.07) is 8.62. The first-order chi connectivity index (χ1) is 10.2. The molecule has 2 aromatic rings. The molecule has 0 aliphatic rings. The quantitative estimate of drug-likeness (QED) is 0.758. The van der Waals surface area contributed by atoms with E-state index in [2.05, 4.69) is 41.1 Å². The van der Waals surface area contributed by atoms with Gasteiger partial charge in [0.1, 0.15) is 0 Å². The van der Waals surface area contributed by atoms with Crippen LogP contribution in [0.3, 0.4) is 0 Å². The first kappa shape index (κ1) is 15.9. The van der Waals surface area contributed by atoms with Crippen LogP contribution < -0.4 is 5.32 Å². The fraction of sp³-hybridized carbons (Fsp3) is 0.529. The first-order valence-electron chi connectivity index (χ1n) is 7.78. The number of benzene rings is 1. The van der Waals surface area contributed by atoms with E-state index in [-0.39, 0.29) is 0 Å². The van der Waals surface area contributed by atoms with Gasteiger partial charge in [-0.1, -0.05) is 12.1 Å². The molecule has 0 aliphatic heterocycles. The molecule has 4 heteroatoms. The van der Waals surface area contributed by atoms with E-state index in [0.29, 0.717) is 6.04 Å². The van der Waals surface area contributed by atoms with E-state index >= 15 is 0 Å². The van der Waals surface area contributed by atoms with Gasteiger partial charge in [0.2, 0.25) is 0 Å². The maximum absolute atomic E-state index is 4.61. The van der Waals surface area contributed by atoms with Crippen molar-refractivity contribution in [3.8, 4) is 0 Å². The van der Waals surface area contributed by atoms with Gasteiger partial charge in [0.05, 0.1) is 22.9 Å². The van der Waals surface area contributed by atoms with Gasteiger partial charge in [-0.3, -0.25) is 4.98 Å². The molecular weight excluding hydrogens is 260 g/mol. The predicted molar refractivity (Wildman–Crippen MR) is 88.2 cm³/mol. The SMILES string of the molecule is CC(C)N(C)CCCCNCc1cnc2ccccc2n1. The zero-order valence-corrected chi connectivity index (χ0v) is 13.3. The average Bonchev–Trinajstić information content (AvgIpc) is 2.50. The van der Waals surface area contributed by atoms with Crippen LogP contribution in [-0.4, -0.2) is 41.0 Å². The molecule has 0 radical (unpaired) electrons. The van der Waals surface area contributed by atoms with Crippen molar-refractivity contribution < 1.29 is 0 Å². The number of fused-ring (bicyclic) bond motifs is 1. The van der Waals surface area contributed by atoms with E-state index in [9.17, 15) is 0 Å². The fourth-order valence-corrected chi connectivity index (χ4v) is 2.17. The van der Waals surface area contributed by atoms with Crippen LogP contribution in [0, 0.1) is 0 Å². The van der Waals surface area contributed by atoms with Gasteiger partial charge in [0, 0.05) is 12.6 Å². The van der Waals surface area contributed by atoms with E-state index < -0.39 is 0 Å². The van der Waals surface area contributed by atoms with E-state index in [1.54, 1.807) is 0 Å². The molecular formula is C17H26N4. The average molecular weight is 286 g/mol. The molecule has 0 spiro atoms. The molecule has 0 aliphatic carbocycles. The Bertz CT molecular complexity index is 553. The second-order valence-corrected chi connectivity index (χ2v) is 5.81. The van der Waals surface area contributed by atoms with E-state index in [1.807, 2.05) is 30.5 Å². The summed E-state index contributed by atoms with van der Waals surface area (Å²) in [6.07, 6.45) is 4.28. The standard InChI is InChI=1S/C17H26N4/c1-14(2)21(3)11-7-6-10-18-12-15-13-19-16-8-4-5-9-17(16)20-15/h4-5,8-9,13-14,18H,6-7,10-12H2,1-3H3. The Balaban J connectivity index is 1.68. The Kier molecular flexibility index (Phi) is 6.08. The summed E-state index contributed by atoms with van der Waals surface area (Å²) in [6.45, 7) is 7.45. The second-order valence-electron chi connectivity index (χ2n) is 5.81. The summed E-state index contributed by atoms with van der Waals surface area (Å²) in [5.74, 6) is 0. The highest BCUT2D eigenvalue weighted by Crippen LogP contribution is 2.08. The highest BCUT2D eigenvalue weighted by molar-refractivity contribution is 5.73. The molecule has 0 fully saturated rings. The topological polar surface area (TPSA) is 41.0 Å². The molecule has 1 aromatic heterocycles. The van der Waals surface area contributed by atoms with Crippen LogP contribution in [0.4, 0.5) is 0 Å². The molecule has 114 valence electrons. The lowest BCUT2D eigenvalue weighted by atomic mass is 10.2. The van der Waals surface area contributed by atoms with Gasteiger partial charge < -0.3 is 10.2 Å². The molecule has 1 N–H and O–H groups in total. The van der Waals surface area contributed by atoms with Gasteiger partial charge in [0.25, 0.3) is 0 Å². The third-order valence-electron chi connectivity index (χ3n) is 3.80. The number of hydrogen-bond donors (Lipinski definition) is 1. The normalized spacial score (nSPS) is 11.7. The lowest BCUT2D eigenvalue weighted by Gasteiger charge is -2.20. The van der Waals surface area contributed by atoms with Gasteiger partial charge >= 0.3 is 0 Å². The van der Waals surface area contributed by atoms with Crippen molar-refractivity contribution in [2.24, 2.45) is 0 Å². The van der Waals surface area contributed by atoms with Crippen molar-refractivity contribution in [3.05, 3.63) is 36.2 Å². The van der Waals surface area contributed by atoms with Crippen molar-refractivity contribution in [3.63, 3.8) is 0 Å². The van der Waals surface area contributed by atoms with Crippen LogP contribution in [-0.2, 0) is 6.54 Å². The Morgan fingerprint density at radius 2 is 1.90 bits per heavy atom. The number of nitrogens with one attached hydrogen (secondary N) is 1. The number of rotatable bonds is 8. The molecule has 0 saturated carbocycles. The second kappa shape index (κ2) is 8.05. The molecule has 0 amide bonds. The van der Waals surface area contributed by atoms with Crippen molar-refractivity contribution in [2.45, 2.75) is 39.3 Å². The number of aromatic nitrogens is 2. The van der Waals surface area contributed by atoms with Crippen LogP contribution in [0.5, 0.6) is 0 Å². The van der Waals surface area contributed by atoms with Gasteiger partial charge in [0.15, 0.2) is 0 Å². The van der Waals surface area contributed by atoms with Crippen molar-refractivity contribution in [1.82, 2.24) is 20.2 Å². The number of para-hydroxylation sites is 2. The monoisotopic (exact) mass is 286 g/mol. The maximum Gasteiger partial charge on any atom is 0.0890 e. The highest BCUT2D eigenvalue weighted by atomic mass is 15.1. The lowest BCUT2D eigenvalue weighted by molar-refractivity contribution is 0.268. The molecule has 0 bridgehead atoms. The predicted octanol–water partition coefficient (Wildman–Crippen LogP) is 2.84. The van der Waals surface area contributed by atoms with Crippen LogP contribution in [0.15, 0.2) is 30.5 Å². The van der Waals surface area contributed by atoms with Crippen molar-refractivity contribution in [1.29, 1.82) is 0 Å². The molecule has 2 rings (SSSR count). The zero-order chi connectivity index (χ0) is 15.1. The highest BCUT2D eigenvalue weighted by Gasteiger charge is 2.02. The summed E-state index contributed by atoms with van der Waals surface area (Å²) in [7, 11) is 2.18. The minimum atomic E-state index is 0.630. The minimum Gasteiger partial charge on any atom is -0.311 e. The third-order valence-corrected chi connectivity index (χ3v) is 3.80. The fourth-order valence-electron chi connectivity index (χ4n) is 2.17. The zero-order valence-electron chi connectivity index (χ0n) is 13.3. The Morgan fingerprint density at radius 3 is 2.67 bits per heavy atom. The molecule has 1 heterocycles. The van der Waals surface area contributed by atoms with Gasteiger partial charge in [-0.2, -0.15) is 0 Å². The summed E-state index contributed by atoms with van der Waals surface area (Å²) in [5, 5.41) is 3.45. The van der Waals surface area contributed by atoms with Crippen LogP contribution in [0.25, 0.3) is 11.0 Å². The van der Waals surface area contributed by atoms with Crippen LogP contribution in [0.1, 0.15) is 32.4 Å². The van der Waals surface area contributed by atoms with Gasteiger partial charge in [-0.25, -0.2) is 4.98 Å². The molecule has 4 nitrogen and oxygen atoms in total. The van der Waals surface area contributed by atoms with E-state index in [1.165, 1.54) is 12.8 Å². The number of unbranched alkanes of at least 4 members (excludes halogenated alkanes) is 1. The Hall–Kier alpha value is -1.52. The van der Waals surface area contributed by atoms with Gasteiger partial charge in [-0.15, -0.1) is 0 Å². The summed E-state index contributed by atoms with van der Waals surface area (Å²) in [5.41, 5.74) is 2.93. The van der Waals surface area contributed by atoms with Crippen LogP contribution in [0.2, 0.25) is 0 Å². The smallest absolute Gasteiger partial charge is 0.0890 e. The Morgan fingerprint density at radius 1 is 1.14 bits per heavy atom. The van der Waals surface area contributed by atoms with Gasteiger partial charge in [-0.05, 0) is 59.0 Å². The largest absolute Gasteiger partial charge is 0.311 e. The molecule has 0 atom stereocenters. The van der Waals surface area contributed by atoms with E-state index in [0.717, 1.165) is 36.4 Å². The minimum absolute atomic E-state index is 0.630.